The maximum Gasteiger partial charge on any atom is 0.249 e. The lowest BCUT2D eigenvalue weighted by molar-refractivity contribution is -0.123. The number of rotatable bonds is 4. The maximum absolute atomic E-state index is 13.2. The van der Waals surface area contributed by atoms with Crippen LogP contribution in [0.4, 0.5) is 4.39 Å². The molecule has 0 aliphatic carbocycles. The third-order valence-corrected chi connectivity index (χ3v) is 3.68. The predicted octanol–water partition coefficient (Wildman–Crippen LogP) is 1.20. The normalized spacial score (nSPS) is 21.1. The zero-order valence-electron chi connectivity index (χ0n) is 12.9. The molecule has 9 heteroatoms. The lowest BCUT2D eigenvalue weighted by Crippen LogP contribution is -2.41. The fourth-order valence-corrected chi connectivity index (χ4v) is 2.45. The van der Waals surface area contributed by atoms with Gasteiger partial charge in [-0.25, -0.2) is 4.39 Å². The van der Waals surface area contributed by atoms with Gasteiger partial charge in [-0.3, -0.25) is 4.79 Å². The van der Waals surface area contributed by atoms with E-state index in [9.17, 15) is 14.3 Å². The highest BCUT2D eigenvalue weighted by atomic mass is 35.5. The summed E-state index contributed by atoms with van der Waals surface area (Å²) >= 11 is 0. The number of amides is 1. The molecule has 0 spiro atoms. The van der Waals surface area contributed by atoms with Crippen molar-refractivity contribution in [2.75, 3.05) is 6.54 Å². The van der Waals surface area contributed by atoms with E-state index in [0.29, 0.717) is 18.5 Å². The number of nitrogens with one attached hydrogen (secondary N) is 2. The van der Waals surface area contributed by atoms with Crippen molar-refractivity contribution in [1.29, 1.82) is 0 Å². The molecular formula is C15H18ClFN4O3. The van der Waals surface area contributed by atoms with Gasteiger partial charge in [0, 0.05) is 12.1 Å². The molecule has 24 heavy (non-hydrogen) atoms. The summed E-state index contributed by atoms with van der Waals surface area (Å²) in [6, 6.07) is 4.95. The van der Waals surface area contributed by atoms with Crippen LogP contribution in [-0.4, -0.2) is 39.8 Å². The first kappa shape index (κ1) is 18.3. The molecule has 3 unspecified atom stereocenters. The molecular weight excluding hydrogens is 339 g/mol. The third-order valence-electron chi connectivity index (χ3n) is 3.68. The van der Waals surface area contributed by atoms with Gasteiger partial charge in [0.15, 0.2) is 0 Å². The average molecular weight is 357 g/mol. The molecule has 1 fully saturated rings. The Hall–Kier alpha value is -2.03. The van der Waals surface area contributed by atoms with E-state index >= 15 is 0 Å². The summed E-state index contributed by atoms with van der Waals surface area (Å²) < 4.78 is 18.4. The third kappa shape index (κ3) is 4.08. The molecule has 130 valence electrons. The molecule has 0 bridgehead atoms. The molecule has 1 aliphatic rings. The Kier molecular flexibility index (Phi) is 5.87. The fraction of sp³-hybridized carbons (Fsp3) is 0.400. The van der Waals surface area contributed by atoms with E-state index in [-0.39, 0.29) is 35.8 Å². The molecule has 3 atom stereocenters. The number of halogens is 2. The minimum absolute atomic E-state index is 0. The monoisotopic (exact) mass is 356 g/mol. The molecule has 3 N–H and O–H groups in total. The second-order valence-corrected chi connectivity index (χ2v) is 5.55. The quantitative estimate of drug-likeness (QED) is 0.761. The van der Waals surface area contributed by atoms with Crippen molar-refractivity contribution >= 4 is 18.3 Å². The largest absolute Gasteiger partial charge is 0.392 e. The highest BCUT2D eigenvalue weighted by Gasteiger charge is 2.29. The van der Waals surface area contributed by atoms with Gasteiger partial charge < -0.3 is 20.3 Å². The van der Waals surface area contributed by atoms with Gasteiger partial charge in [-0.1, -0.05) is 17.3 Å². The van der Waals surface area contributed by atoms with Crippen LogP contribution in [0.3, 0.4) is 0 Å². The number of hydrogen-bond acceptors (Lipinski definition) is 6. The van der Waals surface area contributed by atoms with Crippen LogP contribution in [-0.2, 0) is 4.79 Å². The van der Waals surface area contributed by atoms with Gasteiger partial charge in [0.25, 0.3) is 0 Å². The molecule has 2 aromatic rings. The van der Waals surface area contributed by atoms with Crippen LogP contribution in [0.5, 0.6) is 0 Å². The minimum Gasteiger partial charge on any atom is -0.392 e. The van der Waals surface area contributed by atoms with Crippen LogP contribution in [0.2, 0.25) is 0 Å². The Balaban J connectivity index is 0.00000208. The number of β-amino-alcohol motifs (C(OH)–C–C–N with tert-alkyl or cyclic N) is 1. The Bertz CT molecular complexity index is 712. The number of aromatic nitrogens is 2. The molecule has 1 aromatic carbocycles. The first-order valence-electron chi connectivity index (χ1n) is 7.34. The second kappa shape index (κ2) is 7.69. The van der Waals surface area contributed by atoms with Crippen molar-refractivity contribution < 1.29 is 18.8 Å². The number of nitrogens with zero attached hydrogens (tertiary/aromatic N) is 2. The minimum atomic E-state index is -0.510. The van der Waals surface area contributed by atoms with E-state index in [1.807, 2.05) is 0 Å². The topological polar surface area (TPSA) is 100 Å². The van der Waals surface area contributed by atoms with Crippen LogP contribution in [0, 0.1) is 5.82 Å². The molecule has 0 saturated carbocycles. The summed E-state index contributed by atoms with van der Waals surface area (Å²) in [6.45, 7) is 2.11. The molecule has 7 nitrogen and oxygen atoms in total. The summed E-state index contributed by atoms with van der Waals surface area (Å²) in [4.78, 5) is 16.3. The second-order valence-electron chi connectivity index (χ2n) is 5.55. The Morgan fingerprint density at radius 2 is 2.33 bits per heavy atom. The maximum atomic E-state index is 13.2. The van der Waals surface area contributed by atoms with Gasteiger partial charge in [0.05, 0.1) is 12.1 Å². The highest BCUT2D eigenvalue weighted by molar-refractivity contribution is 5.85. The smallest absolute Gasteiger partial charge is 0.249 e. The summed E-state index contributed by atoms with van der Waals surface area (Å²) in [6.07, 6.45) is -0.138. The van der Waals surface area contributed by atoms with Crippen molar-refractivity contribution in [2.24, 2.45) is 0 Å². The van der Waals surface area contributed by atoms with E-state index < -0.39 is 18.2 Å². The number of aliphatic hydroxyl groups is 1. The lowest BCUT2D eigenvalue weighted by atomic mass is 10.2. The van der Waals surface area contributed by atoms with Crippen LogP contribution < -0.4 is 10.6 Å². The molecule has 2 heterocycles. The number of carbonyl (C=O) groups excluding carboxylic acids is 1. The predicted molar refractivity (Wildman–Crippen MR) is 85.9 cm³/mol. The molecule has 1 saturated heterocycles. The first-order valence-corrected chi connectivity index (χ1v) is 7.34. The zero-order valence-corrected chi connectivity index (χ0v) is 13.7. The van der Waals surface area contributed by atoms with E-state index in [1.165, 1.54) is 12.1 Å². The van der Waals surface area contributed by atoms with Crippen LogP contribution in [0.15, 0.2) is 28.8 Å². The summed E-state index contributed by atoms with van der Waals surface area (Å²) in [5.41, 5.74) is 0.499. The molecule has 1 aromatic heterocycles. The molecule has 0 radical (unpaired) electrons. The van der Waals surface area contributed by atoms with Gasteiger partial charge in [0.2, 0.25) is 17.6 Å². The number of aliphatic hydroxyl groups excluding tert-OH is 1. The molecule has 1 amide bonds. The van der Waals surface area contributed by atoms with Crippen molar-refractivity contribution in [3.05, 3.63) is 36.0 Å². The first-order chi connectivity index (χ1) is 11.0. The summed E-state index contributed by atoms with van der Waals surface area (Å²) in [7, 11) is 0. The Morgan fingerprint density at radius 1 is 1.54 bits per heavy atom. The summed E-state index contributed by atoms with van der Waals surface area (Å²) in [5.74, 6) is -0.133. The van der Waals surface area contributed by atoms with Crippen molar-refractivity contribution in [1.82, 2.24) is 20.8 Å². The molecule has 3 rings (SSSR count). The van der Waals surface area contributed by atoms with Crippen molar-refractivity contribution in [3.8, 4) is 11.4 Å². The average Bonchev–Trinajstić information content (AvgIpc) is 3.16. The lowest BCUT2D eigenvalue weighted by Gasteiger charge is -2.14. The SMILES string of the molecule is CC(NC(=O)C1CC(O)CN1)c1nc(-c2cccc(F)c2)no1.Cl. The Morgan fingerprint density at radius 3 is 3.00 bits per heavy atom. The van der Waals surface area contributed by atoms with E-state index in [2.05, 4.69) is 20.8 Å². The highest BCUT2D eigenvalue weighted by Crippen LogP contribution is 2.19. The van der Waals surface area contributed by atoms with Crippen LogP contribution >= 0.6 is 12.4 Å². The van der Waals surface area contributed by atoms with E-state index in [0.717, 1.165) is 0 Å². The summed E-state index contributed by atoms with van der Waals surface area (Å²) in [5, 5.41) is 18.9. The van der Waals surface area contributed by atoms with Crippen LogP contribution in [0.1, 0.15) is 25.3 Å². The number of benzene rings is 1. The van der Waals surface area contributed by atoms with Gasteiger partial charge in [0.1, 0.15) is 11.9 Å². The molecule has 1 aliphatic heterocycles. The zero-order chi connectivity index (χ0) is 16.4. The van der Waals surface area contributed by atoms with E-state index in [1.54, 1.807) is 19.1 Å². The fourth-order valence-electron chi connectivity index (χ4n) is 2.45. The van der Waals surface area contributed by atoms with E-state index in [4.69, 9.17) is 4.52 Å². The number of hydrogen-bond donors (Lipinski definition) is 3. The van der Waals surface area contributed by atoms with Gasteiger partial charge in [-0.15, -0.1) is 12.4 Å². The van der Waals surface area contributed by atoms with Gasteiger partial charge >= 0.3 is 0 Å². The van der Waals surface area contributed by atoms with Gasteiger partial charge in [-0.2, -0.15) is 4.98 Å². The van der Waals surface area contributed by atoms with Crippen LogP contribution in [0.25, 0.3) is 11.4 Å². The standard InChI is InChI=1S/C15H17FN4O3.ClH/c1-8(18-14(22)12-6-11(21)7-17-12)15-19-13(20-23-15)9-3-2-4-10(16)5-9;/h2-5,8,11-12,17,21H,6-7H2,1H3,(H,18,22);1H. The number of carbonyl (C=O) groups is 1. The Labute approximate surface area is 144 Å². The van der Waals surface area contributed by atoms with Gasteiger partial charge in [-0.05, 0) is 25.5 Å². The van der Waals surface area contributed by atoms with Crippen molar-refractivity contribution in [3.63, 3.8) is 0 Å². The van der Waals surface area contributed by atoms with Crippen molar-refractivity contribution in [2.45, 2.75) is 31.5 Å².